The van der Waals surface area contributed by atoms with Gasteiger partial charge < -0.3 is 10.5 Å². The van der Waals surface area contributed by atoms with Gasteiger partial charge in [-0.25, -0.2) is 0 Å². The highest BCUT2D eigenvalue weighted by atomic mass is 16.5. The maximum atomic E-state index is 5.70. The first-order valence-electron chi connectivity index (χ1n) is 5.17. The van der Waals surface area contributed by atoms with Crippen LogP contribution in [0.4, 0.5) is 5.69 Å². The standard InChI is InChI=1S/C12H20N2O/c1-9(2)14(3)8-10-5-6-11(13)7-12(10)15-4/h5-7,9H,8,13H2,1-4H3. The fourth-order valence-electron chi connectivity index (χ4n) is 1.34. The lowest BCUT2D eigenvalue weighted by Gasteiger charge is -2.22. The lowest BCUT2D eigenvalue weighted by molar-refractivity contribution is 0.261. The highest BCUT2D eigenvalue weighted by molar-refractivity contribution is 5.48. The van der Waals surface area contributed by atoms with Crippen molar-refractivity contribution in [3.8, 4) is 5.75 Å². The van der Waals surface area contributed by atoms with E-state index in [9.17, 15) is 0 Å². The summed E-state index contributed by atoms with van der Waals surface area (Å²) >= 11 is 0. The molecule has 0 aliphatic heterocycles. The fraction of sp³-hybridized carbons (Fsp3) is 0.500. The molecule has 0 spiro atoms. The van der Waals surface area contributed by atoms with Crippen molar-refractivity contribution in [1.29, 1.82) is 0 Å². The molecule has 15 heavy (non-hydrogen) atoms. The number of nitrogens with zero attached hydrogens (tertiary/aromatic N) is 1. The van der Waals surface area contributed by atoms with Crippen LogP contribution in [0.1, 0.15) is 19.4 Å². The smallest absolute Gasteiger partial charge is 0.125 e. The first kappa shape index (κ1) is 11.9. The number of nitrogens with two attached hydrogens (primary N) is 1. The summed E-state index contributed by atoms with van der Waals surface area (Å²) in [7, 11) is 3.77. The summed E-state index contributed by atoms with van der Waals surface area (Å²) in [6.07, 6.45) is 0. The molecule has 0 radical (unpaired) electrons. The molecule has 0 amide bonds. The van der Waals surface area contributed by atoms with E-state index in [4.69, 9.17) is 10.5 Å². The number of ether oxygens (including phenoxy) is 1. The van der Waals surface area contributed by atoms with Gasteiger partial charge in [-0.2, -0.15) is 0 Å². The molecular weight excluding hydrogens is 188 g/mol. The van der Waals surface area contributed by atoms with Crippen molar-refractivity contribution in [3.63, 3.8) is 0 Å². The second-order valence-electron chi connectivity index (χ2n) is 4.08. The molecule has 1 aromatic carbocycles. The lowest BCUT2D eigenvalue weighted by atomic mass is 10.1. The van der Waals surface area contributed by atoms with E-state index in [2.05, 4.69) is 25.8 Å². The first-order chi connectivity index (χ1) is 7.04. The maximum absolute atomic E-state index is 5.70. The summed E-state index contributed by atoms with van der Waals surface area (Å²) in [5.74, 6) is 0.863. The average Bonchev–Trinajstić information content (AvgIpc) is 2.20. The minimum atomic E-state index is 0.521. The van der Waals surface area contributed by atoms with Gasteiger partial charge in [0.15, 0.2) is 0 Å². The molecule has 0 bridgehead atoms. The molecule has 0 saturated heterocycles. The third-order valence-electron chi connectivity index (χ3n) is 2.61. The zero-order valence-corrected chi connectivity index (χ0v) is 9.95. The van der Waals surface area contributed by atoms with Gasteiger partial charge in [-0.3, -0.25) is 4.90 Å². The Labute approximate surface area is 91.8 Å². The molecule has 0 aromatic heterocycles. The largest absolute Gasteiger partial charge is 0.496 e. The molecule has 0 fully saturated rings. The first-order valence-corrected chi connectivity index (χ1v) is 5.17. The average molecular weight is 208 g/mol. The monoisotopic (exact) mass is 208 g/mol. The quantitative estimate of drug-likeness (QED) is 0.770. The lowest BCUT2D eigenvalue weighted by Crippen LogP contribution is -2.25. The van der Waals surface area contributed by atoms with Gasteiger partial charge in [-0.15, -0.1) is 0 Å². The number of benzene rings is 1. The minimum absolute atomic E-state index is 0.521. The Bertz CT molecular complexity index is 323. The summed E-state index contributed by atoms with van der Waals surface area (Å²) in [6, 6.07) is 6.31. The molecular formula is C12H20N2O. The van der Waals surface area contributed by atoms with E-state index >= 15 is 0 Å². The molecule has 0 unspecified atom stereocenters. The molecule has 0 saturated carbocycles. The molecule has 0 heterocycles. The highest BCUT2D eigenvalue weighted by Gasteiger charge is 2.08. The maximum Gasteiger partial charge on any atom is 0.125 e. The van der Waals surface area contributed by atoms with Crippen molar-refractivity contribution < 1.29 is 4.74 Å². The second-order valence-corrected chi connectivity index (χ2v) is 4.08. The van der Waals surface area contributed by atoms with Gasteiger partial charge in [0.25, 0.3) is 0 Å². The van der Waals surface area contributed by atoms with E-state index in [0.717, 1.165) is 18.0 Å². The van der Waals surface area contributed by atoms with Gasteiger partial charge in [-0.05, 0) is 27.0 Å². The van der Waals surface area contributed by atoms with E-state index in [1.165, 1.54) is 5.56 Å². The Morgan fingerprint density at radius 3 is 2.60 bits per heavy atom. The predicted octanol–water partition coefficient (Wildman–Crippen LogP) is 2.12. The highest BCUT2D eigenvalue weighted by Crippen LogP contribution is 2.22. The van der Waals surface area contributed by atoms with Gasteiger partial charge in [0, 0.05) is 29.9 Å². The Balaban J connectivity index is 2.84. The van der Waals surface area contributed by atoms with Gasteiger partial charge >= 0.3 is 0 Å². The summed E-state index contributed by atoms with van der Waals surface area (Å²) in [5.41, 5.74) is 7.61. The van der Waals surface area contributed by atoms with Gasteiger partial charge in [0.05, 0.1) is 7.11 Å². The van der Waals surface area contributed by atoms with Crippen LogP contribution in [-0.2, 0) is 6.54 Å². The zero-order chi connectivity index (χ0) is 11.4. The number of methoxy groups -OCH3 is 1. The summed E-state index contributed by atoms with van der Waals surface area (Å²) in [5, 5.41) is 0. The molecule has 0 aliphatic carbocycles. The van der Waals surface area contributed by atoms with Crippen LogP contribution in [0.25, 0.3) is 0 Å². The van der Waals surface area contributed by atoms with Crippen LogP contribution < -0.4 is 10.5 Å². The van der Waals surface area contributed by atoms with E-state index in [1.807, 2.05) is 18.2 Å². The molecule has 0 atom stereocenters. The van der Waals surface area contributed by atoms with E-state index < -0.39 is 0 Å². The van der Waals surface area contributed by atoms with Crippen molar-refractivity contribution >= 4 is 5.69 Å². The molecule has 3 heteroatoms. The van der Waals surface area contributed by atoms with Crippen molar-refractivity contribution in [1.82, 2.24) is 4.90 Å². The normalized spacial score (nSPS) is 11.1. The van der Waals surface area contributed by atoms with Crippen molar-refractivity contribution in [3.05, 3.63) is 23.8 Å². The topological polar surface area (TPSA) is 38.5 Å². The number of hydrogen-bond acceptors (Lipinski definition) is 3. The van der Waals surface area contributed by atoms with Crippen LogP contribution in [-0.4, -0.2) is 25.1 Å². The molecule has 2 N–H and O–H groups in total. The van der Waals surface area contributed by atoms with Crippen LogP contribution >= 0.6 is 0 Å². The van der Waals surface area contributed by atoms with Crippen LogP contribution in [0.15, 0.2) is 18.2 Å². The molecule has 1 rings (SSSR count). The molecule has 0 aliphatic rings. The van der Waals surface area contributed by atoms with Crippen LogP contribution in [0.3, 0.4) is 0 Å². The predicted molar refractivity (Wildman–Crippen MR) is 64.0 cm³/mol. The Morgan fingerprint density at radius 1 is 1.40 bits per heavy atom. The SMILES string of the molecule is COc1cc(N)ccc1CN(C)C(C)C. The molecule has 84 valence electrons. The van der Waals surface area contributed by atoms with Crippen molar-refractivity contribution in [2.45, 2.75) is 26.4 Å². The van der Waals surface area contributed by atoms with Gasteiger partial charge in [0.2, 0.25) is 0 Å². The Hall–Kier alpha value is -1.22. The third kappa shape index (κ3) is 3.13. The number of nitrogen functional groups attached to an aromatic ring is 1. The third-order valence-corrected chi connectivity index (χ3v) is 2.61. The van der Waals surface area contributed by atoms with Gasteiger partial charge in [0.1, 0.15) is 5.75 Å². The molecule has 1 aromatic rings. The fourth-order valence-corrected chi connectivity index (χ4v) is 1.34. The van der Waals surface area contributed by atoms with Crippen LogP contribution in [0.5, 0.6) is 5.75 Å². The summed E-state index contributed by atoms with van der Waals surface area (Å²) in [4.78, 5) is 2.26. The molecule has 3 nitrogen and oxygen atoms in total. The Morgan fingerprint density at radius 2 is 2.07 bits per heavy atom. The van der Waals surface area contributed by atoms with E-state index in [-0.39, 0.29) is 0 Å². The summed E-state index contributed by atoms with van der Waals surface area (Å²) in [6.45, 7) is 5.22. The van der Waals surface area contributed by atoms with E-state index in [0.29, 0.717) is 6.04 Å². The summed E-state index contributed by atoms with van der Waals surface area (Å²) < 4.78 is 5.30. The zero-order valence-electron chi connectivity index (χ0n) is 9.95. The van der Waals surface area contributed by atoms with Gasteiger partial charge in [-0.1, -0.05) is 6.07 Å². The number of hydrogen-bond donors (Lipinski definition) is 1. The second kappa shape index (κ2) is 5.03. The van der Waals surface area contributed by atoms with Crippen molar-refractivity contribution in [2.24, 2.45) is 0 Å². The van der Waals surface area contributed by atoms with E-state index in [1.54, 1.807) is 7.11 Å². The van der Waals surface area contributed by atoms with Crippen LogP contribution in [0.2, 0.25) is 0 Å². The number of anilines is 1. The number of rotatable bonds is 4. The van der Waals surface area contributed by atoms with Crippen LogP contribution in [0, 0.1) is 0 Å². The van der Waals surface area contributed by atoms with Crippen molar-refractivity contribution in [2.75, 3.05) is 19.9 Å². The minimum Gasteiger partial charge on any atom is -0.496 e. The Kier molecular flexibility index (Phi) is 3.97.